The van der Waals surface area contributed by atoms with Gasteiger partial charge in [0.05, 0.1) is 23.9 Å². The topological polar surface area (TPSA) is 96.7 Å². The first kappa shape index (κ1) is 24.4. The Balaban J connectivity index is 1.40. The molecule has 0 radical (unpaired) electrons. The molecule has 0 unspecified atom stereocenters. The summed E-state index contributed by atoms with van der Waals surface area (Å²) >= 11 is 0. The number of halogens is 3. The number of amides is 2. The molecule has 1 aromatic carbocycles. The highest BCUT2D eigenvalue weighted by Gasteiger charge is 2.54. The van der Waals surface area contributed by atoms with Crippen LogP contribution in [0.15, 0.2) is 24.3 Å². The largest absolute Gasteiger partial charge is 0.416 e. The van der Waals surface area contributed by atoms with Gasteiger partial charge < -0.3 is 15.2 Å². The normalized spacial score (nSPS) is 24.8. The first-order valence-electron chi connectivity index (χ1n) is 12.9. The minimum absolute atomic E-state index is 0.0267. The van der Waals surface area contributed by atoms with E-state index in [1.165, 1.54) is 12.1 Å². The number of aliphatic hydroxyl groups is 1. The van der Waals surface area contributed by atoms with Crippen LogP contribution < -0.4 is 10.2 Å². The zero-order chi connectivity index (χ0) is 25.9. The van der Waals surface area contributed by atoms with Crippen molar-refractivity contribution in [1.29, 1.82) is 0 Å². The number of carbonyl (C=O) groups excluding carboxylic acids is 2. The van der Waals surface area contributed by atoms with E-state index in [9.17, 15) is 27.9 Å². The Labute approximate surface area is 211 Å². The molecule has 2 amide bonds. The third kappa shape index (κ3) is 4.41. The van der Waals surface area contributed by atoms with E-state index in [1.807, 2.05) is 4.68 Å². The maximum absolute atomic E-state index is 14.0. The summed E-state index contributed by atoms with van der Waals surface area (Å²) in [6.45, 7) is 0.877. The van der Waals surface area contributed by atoms with Crippen molar-refractivity contribution >= 4 is 17.6 Å². The first-order valence-corrected chi connectivity index (χ1v) is 12.9. The minimum atomic E-state index is -4.58. The van der Waals surface area contributed by atoms with Crippen molar-refractivity contribution in [3.8, 4) is 0 Å². The molecule has 2 aliphatic heterocycles. The SMILES string of the molecule is O=C(N[C@H]1C(=O)N(C2CC2)c2c(c(CO)nn2C2CCOCC2)[C@H]1C1CC1)c1cccc(C(F)(F)F)c1. The molecule has 0 bridgehead atoms. The van der Waals surface area contributed by atoms with E-state index >= 15 is 0 Å². The van der Waals surface area contributed by atoms with Crippen LogP contribution in [-0.2, 0) is 22.3 Å². The van der Waals surface area contributed by atoms with Crippen molar-refractivity contribution in [2.45, 2.75) is 75.4 Å². The molecule has 0 spiro atoms. The second kappa shape index (κ2) is 9.13. The average molecular weight is 519 g/mol. The Kier molecular flexibility index (Phi) is 6.02. The molecular weight excluding hydrogens is 489 g/mol. The van der Waals surface area contributed by atoms with Crippen molar-refractivity contribution in [2.24, 2.45) is 5.92 Å². The molecule has 2 N–H and O–H groups in total. The van der Waals surface area contributed by atoms with E-state index < -0.39 is 29.6 Å². The number of alkyl halides is 3. The van der Waals surface area contributed by atoms with Gasteiger partial charge in [-0.3, -0.25) is 14.5 Å². The summed E-state index contributed by atoms with van der Waals surface area (Å²) in [5, 5.41) is 17.9. The van der Waals surface area contributed by atoms with Crippen LogP contribution in [0.3, 0.4) is 0 Å². The number of aromatic nitrogens is 2. The second-order valence-electron chi connectivity index (χ2n) is 10.5. The van der Waals surface area contributed by atoms with Gasteiger partial charge in [-0.25, -0.2) is 4.68 Å². The van der Waals surface area contributed by atoms with Gasteiger partial charge in [0.1, 0.15) is 11.9 Å². The molecule has 2 aliphatic carbocycles. The smallest absolute Gasteiger partial charge is 0.390 e. The summed E-state index contributed by atoms with van der Waals surface area (Å²) in [6.07, 6.45) is 0.279. The molecule has 3 heterocycles. The third-order valence-electron chi connectivity index (χ3n) is 7.89. The molecule has 2 aromatic rings. The Hall–Kier alpha value is -2.92. The highest BCUT2D eigenvalue weighted by atomic mass is 19.4. The molecule has 6 rings (SSSR count). The Morgan fingerprint density at radius 2 is 1.84 bits per heavy atom. The molecule has 37 heavy (non-hydrogen) atoms. The highest BCUT2D eigenvalue weighted by molar-refractivity contribution is 6.05. The van der Waals surface area contributed by atoms with Gasteiger partial charge in [0, 0.05) is 36.3 Å². The summed E-state index contributed by atoms with van der Waals surface area (Å²) in [6, 6.07) is 3.29. The fraction of sp³-hybridized carbons (Fsp3) is 0.577. The molecular formula is C26H29F3N4O4. The van der Waals surface area contributed by atoms with E-state index in [4.69, 9.17) is 9.84 Å². The van der Waals surface area contributed by atoms with Crippen molar-refractivity contribution < 1.29 is 32.6 Å². The number of fused-ring (bicyclic) bond motifs is 1. The van der Waals surface area contributed by atoms with Crippen LogP contribution in [0, 0.1) is 5.92 Å². The Bertz CT molecular complexity index is 1210. The van der Waals surface area contributed by atoms with Crippen molar-refractivity contribution in [3.05, 3.63) is 46.6 Å². The van der Waals surface area contributed by atoms with Crippen molar-refractivity contribution in [2.75, 3.05) is 18.1 Å². The third-order valence-corrected chi connectivity index (χ3v) is 7.89. The van der Waals surface area contributed by atoms with Crippen molar-refractivity contribution in [3.63, 3.8) is 0 Å². The van der Waals surface area contributed by atoms with E-state index in [-0.39, 0.29) is 36.1 Å². The Morgan fingerprint density at radius 3 is 2.46 bits per heavy atom. The number of aliphatic hydroxyl groups excluding tert-OH is 1. The minimum Gasteiger partial charge on any atom is -0.390 e. The van der Waals surface area contributed by atoms with Gasteiger partial charge in [-0.2, -0.15) is 18.3 Å². The lowest BCUT2D eigenvalue weighted by Crippen LogP contribution is -2.56. The summed E-state index contributed by atoms with van der Waals surface area (Å²) in [5.41, 5.74) is 0.212. The zero-order valence-corrected chi connectivity index (χ0v) is 20.2. The van der Waals surface area contributed by atoms with E-state index in [2.05, 4.69) is 5.32 Å². The fourth-order valence-corrected chi connectivity index (χ4v) is 5.80. The van der Waals surface area contributed by atoms with Crippen LogP contribution in [0.2, 0.25) is 0 Å². The molecule has 8 nitrogen and oxygen atoms in total. The number of nitrogens with one attached hydrogen (secondary N) is 1. The van der Waals surface area contributed by atoms with Crippen LogP contribution in [0.5, 0.6) is 0 Å². The van der Waals surface area contributed by atoms with Crippen molar-refractivity contribution in [1.82, 2.24) is 15.1 Å². The predicted molar refractivity (Wildman–Crippen MR) is 126 cm³/mol. The second-order valence-corrected chi connectivity index (χ2v) is 10.5. The number of nitrogens with zero attached hydrogens (tertiary/aromatic N) is 3. The number of hydrogen-bond donors (Lipinski definition) is 2. The summed E-state index contributed by atoms with van der Waals surface area (Å²) in [7, 11) is 0. The molecule has 3 fully saturated rings. The number of anilines is 1. The van der Waals surface area contributed by atoms with Crippen LogP contribution >= 0.6 is 0 Å². The van der Waals surface area contributed by atoms with Crippen LogP contribution in [-0.4, -0.2) is 52.0 Å². The maximum atomic E-state index is 14.0. The Morgan fingerprint density at radius 1 is 1.11 bits per heavy atom. The summed E-state index contributed by atoms with van der Waals surface area (Å²) < 4.78 is 47.1. The number of ether oxygens (including phenoxy) is 1. The molecule has 11 heteroatoms. The molecule has 1 saturated heterocycles. The predicted octanol–water partition coefficient (Wildman–Crippen LogP) is 3.55. The summed E-state index contributed by atoms with van der Waals surface area (Å²) in [4.78, 5) is 29.0. The van der Waals surface area contributed by atoms with E-state index in [0.717, 1.165) is 56.2 Å². The monoisotopic (exact) mass is 518 g/mol. The number of benzene rings is 1. The van der Waals surface area contributed by atoms with Crippen LogP contribution in [0.4, 0.5) is 19.0 Å². The zero-order valence-electron chi connectivity index (χ0n) is 20.2. The maximum Gasteiger partial charge on any atom is 0.416 e. The molecule has 2 atom stereocenters. The van der Waals surface area contributed by atoms with Gasteiger partial charge in [-0.15, -0.1) is 0 Å². The van der Waals surface area contributed by atoms with Gasteiger partial charge in [0.25, 0.3) is 11.8 Å². The van der Waals surface area contributed by atoms with Gasteiger partial charge in [0.2, 0.25) is 0 Å². The molecule has 1 aromatic heterocycles. The molecule has 2 saturated carbocycles. The van der Waals surface area contributed by atoms with Gasteiger partial charge in [0.15, 0.2) is 0 Å². The number of carbonyl (C=O) groups is 2. The number of hydrogen-bond acceptors (Lipinski definition) is 5. The van der Waals surface area contributed by atoms with E-state index in [0.29, 0.717) is 24.7 Å². The quantitative estimate of drug-likeness (QED) is 0.610. The van der Waals surface area contributed by atoms with Gasteiger partial charge >= 0.3 is 6.18 Å². The van der Waals surface area contributed by atoms with E-state index in [1.54, 1.807) is 4.90 Å². The van der Waals surface area contributed by atoms with Crippen LogP contribution in [0.25, 0.3) is 0 Å². The standard InChI is InChI=1S/C26H29F3N4O4/c27-26(28,29)16-3-1-2-15(12-16)23(35)30-22-20(14-4-5-14)21-19(13-34)31-33(18-8-10-37-11-9-18)24(21)32(25(22)36)17-6-7-17/h1-3,12,14,17-18,20,22,34H,4-11,13H2,(H,30,35)/t20-,22-/m1/s1. The van der Waals surface area contributed by atoms with Gasteiger partial charge in [-0.05, 0) is 62.6 Å². The summed E-state index contributed by atoms with van der Waals surface area (Å²) in [5.74, 6) is -0.553. The first-order chi connectivity index (χ1) is 17.8. The average Bonchev–Trinajstić information content (AvgIpc) is 3.82. The molecule has 4 aliphatic rings. The fourth-order valence-electron chi connectivity index (χ4n) is 5.80. The molecule has 198 valence electrons. The lowest BCUT2D eigenvalue weighted by atomic mass is 9.82. The number of rotatable bonds is 6. The van der Waals surface area contributed by atoms with Crippen LogP contribution in [0.1, 0.15) is 77.7 Å². The lowest BCUT2D eigenvalue weighted by Gasteiger charge is -2.40. The lowest BCUT2D eigenvalue weighted by molar-refractivity contribution is -0.137. The van der Waals surface area contributed by atoms with Gasteiger partial charge in [-0.1, -0.05) is 6.07 Å². The highest BCUT2D eigenvalue weighted by Crippen LogP contribution is 2.53.